The molecule has 4 rings (SSSR count). The molecule has 1 fully saturated rings. The van der Waals surface area contributed by atoms with Gasteiger partial charge in [-0.3, -0.25) is 4.79 Å². The summed E-state index contributed by atoms with van der Waals surface area (Å²) in [6, 6.07) is 13.4. The van der Waals surface area contributed by atoms with Crippen molar-refractivity contribution in [1.82, 2.24) is 0 Å². The van der Waals surface area contributed by atoms with Gasteiger partial charge in [0.25, 0.3) is 0 Å². The Labute approximate surface area is 136 Å². The van der Waals surface area contributed by atoms with E-state index >= 15 is 0 Å². The fourth-order valence-electron chi connectivity index (χ4n) is 2.78. The van der Waals surface area contributed by atoms with E-state index in [1.807, 2.05) is 42.5 Å². The molecule has 0 aromatic heterocycles. The molecule has 112 valence electrons. The van der Waals surface area contributed by atoms with Crippen LogP contribution in [0.2, 0.25) is 0 Å². The van der Waals surface area contributed by atoms with Gasteiger partial charge in [-0.2, -0.15) is 0 Å². The summed E-state index contributed by atoms with van der Waals surface area (Å²) in [6.45, 7) is 0.246. The lowest BCUT2D eigenvalue weighted by Gasteiger charge is -2.16. The first-order valence-electron chi connectivity index (χ1n) is 7.15. The second kappa shape index (κ2) is 5.02. The van der Waals surface area contributed by atoms with E-state index < -0.39 is 5.41 Å². The van der Waals surface area contributed by atoms with Gasteiger partial charge in [0.2, 0.25) is 12.7 Å². The topological polar surface area (TPSA) is 47.6 Å². The standard InChI is InChI=1S/C17H14BrNO3/c18-12-2-1-3-13(9-12)19-16(20)17(6-7-17)11-4-5-14-15(8-11)22-10-21-14/h1-5,8-9H,6-7,10H2,(H,19,20). The summed E-state index contributed by atoms with van der Waals surface area (Å²) >= 11 is 3.42. The smallest absolute Gasteiger partial charge is 0.235 e. The van der Waals surface area contributed by atoms with E-state index in [2.05, 4.69) is 21.2 Å². The van der Waals surface area contributed by atoms with Crippen LogP contribution in [0.4, 0.5) is 5.69 Å². The third kappa shape index (κ3) is 2.25. The Kier molecular flexibility index (Phi) is 3.11. The van der Waals surface area contributed by atoms with E-state index in [0.29, 0.717) is 0 Å². The molecule has 0 bridgehead atoms. The zero-order chi connectivity index (χ0) is 15.2. The highest BCUT2D eigenvalue weighted by atomic mass is 79.9. The predicted molar refractivity (Wildman–Crippen MR) is 86.2 cm³/mol. The molecule has 0 unspecified atom stereocenters. The summed E-state index contributed by atoms with van der Waals surface area (Å²) in [5.41, 5.74) is 1.35. The Balaban J connectivity index is 1.60. The molecule has 1 saturated carbocycles. The van der Waals surface area contributed by atoms with E-state index in [0.717, 1.165) is 40.1 Å². The van der Waals surface area contributed by atoms with Gasteiger partial charge in [0, 0.05) is 10.2 Å². The Morgan fingerprint density at radius 1 is 1.09 bits per heavy atom. The Morgan fingerprint density at radius 2 is 1.91 bits per heavy atom. The van der Waals surface area contributed by atoms with Crippen LogP contribution in [-0.2, 0) is 10.2 Å². The van der Waals surface area contributed by atoms with Crippen LogP contribution in [0.25, 0.3) is 0 Å². The SMILES string of the molecule is O=C(Nc1cccc(Br)c1)C1(c2ccc3c(c2)OCO3)CC1. The van der Waals surface area contributed by atoms with Gasteiger partial charge >= 0.3 is 0 Å². The average molecular weight is 360 g/mol. The Morgan fingerprint density at radius 3 is 2.68 bits per heavy atom. The Bertz CT molecular complexity index is 755. The minimum Gasteiger partial charge on any atom is -0.454 e. The van der Waals surface area contributed by atoms with Gasteiger partial charge < -0.3 is 14.8 Å². The van der Waals surface area contributed by atoms with E-state index in [-0.39, 0.29) is 12.7 Å². The fourth-order valence-corrected chi connectivity index (χ4v) is 3.18. The third-order valence-corrected chi connectivity index (χ3v) is 4.69. The van der Waals surface area contributed by atoms with E-state index in [1.54, 1.807) is 0 Å². The van der Waals surface area contributed by atoms with Crippen LogP contribution in [0.3, 0.4) is 0 Å². The van der Waals surface area contributed by atoms with Gasteiger partial charge in [-0.1, -0.05) is 28.1 Å². The number of carbonyl (C=O) groups excluding carboxylic acids is 1. The normalized spacial score (nSPS) is 17.1. The maximum Gasteiger partial charge on any atom is 0.235 e. The van der Waals surface area contributed by atoms with E-state index in [9.17, 15) is 4.79 Å². The number of amides is 1. The molecule has 2 aromatic rings. The molecule has 22 heavy (non-hydrogen) atoms. The second-order valence-electron chi connectivity index (χ2n) is 5.61. The van der Waals surface area contributed by atoms with E-state index in [4.69, 9.17) is 9.47 Å². The van der Waals surface area contributed by atoms with Gasteiger partial charge in [0.15, 0.2) is 11.5 Å². The molecule has 4 nitrogen and oxygen atoms in total. The Hall–Kier alpha value is -2.01. The minimum absolute atomic E-state index is 0.0319. The molecule has 0 spiro atoms. The molecule has 2 aliphatic rings. The van der Waals surface area contributed by atoms with Gasteiger partial charge in [0.1, 0.15) is 0 Å². The van der Waals surface area contributed by atoms with Gasteiger partial charge in [-0.15, -0.1) is 0 Å². The highest BCUT2D eigenvalue weighted by Crippen LogP contribution is 2.51. The molecule has 5 heteroatoms. The molecule has 1 aliphatic heterocycles. The third-order valence-electron chi connectivity index (χ3n) is 4.19. The largest absolute Gasteiger partial charge is 0.454 e. The van der Waals surface area contributed by atoms with Crippen molar-refractivity contribution in [3.63, 3.8) is 0 Å². The number of hydrogen-bond donors (Lipinski definition) is 1. The fraction of sp³-hybridized carbons (Fsp3) is 0.235. The molecule has 0 atom stereocenters. The lowest BCUT2D eigenvalue weighted by atomic mass is 9.94. The number of fused-ring (bicyclic) bond motifs is 1. The first kappa shape index (κ1) is 13.6. The summed E-state index contributed by atoms with van der Waals surface area (Å²) in [4.78, 5) is 12.7. The summed E-state index contributed by atoms with van der Waals surface area (Å²) in [5.74, 6) is 1.50. The molecular weight excluding hydrogens is 346 g/mol. The predicted octanol–water partition coefficient (Wildman–Crippen LogP) is 3.85. The number of rotatable bonds is 3. The zero-order valence-corrected chi connectivity index (χ0v) is 13.4. The summed E-state index contributed by atoms with van der Waals surface area (Å²) in [6.07, 6.45) is 1.71. The highest BCUT2D eigenvalue weighted by molar-refractivity contribution is 9.10. The van der Waals surface area contributed by atoms with Crippen molar-refractivity contribution in [2.45, 2.75) is 18.3 Å². The highest BCUT2D eigenvalue weighted by Gasteiger charge is 2.51. The molecule has 1 aliphatic carbocycles. The van der Waals surface area contributed by atoms with Crippen LogP contribution < -0.4 is 14.8 Å². The number of benzene rings is 2. The molecule has 1 amide bonds. The summed E-state index contributed by atoms with van der Waals surface area (Å²) < 4.78 is 11.7. The number of nitrogens with one attached hydrogen (secondary N) is 1. The maximum atomic E-state index is 12.7. The zero-order valence-electron chi connectivity index (χ0n) is 11.8. The number of halogens is 1. The summed E-state index contributed by atoms with van der Waals surface area (Å²) in [7, 11) is 0. The number of ether oxygens (including phenoxy) is 2. The molecule has 0 radical (unpaired) electrons. The average Bonchev–Trinajstić information content (AvgIpc) is 3.19. The summed E-state index contributed by atoms with van der Waals surface area (Å²) in [5, 5.41) is 3.01. The van der Waals surface area contributed by atoms with Crippen molar-refractivity contribution >= 4 is 27.5 Å². The van der Waals surface area contributed by atoms with Crippen molar-refractivity contribution < 1.29 is 14.3 Å². The van der Waals surface area contributed by atoms with Crippen molar-refractivity contribution in [3.8, 4) is 11.5 Å². The van der Waals surface area contributed by atoms with Gasteiger partial charge in [-0.25, -0.2) is 0 Å². The van der Waals surface area contributed by atoms with Crippen molar-refractivity contribution in [2.24, 2.45) is 0 Å². The monoisotopic (exact) mass is 359 g/mol. The first-order valence-corrected chi connectivity index (χ1v) is 7.94. The number of hydrogen-bond acceptors (Lipinski definition) is 3. The van der Waals surface area contributed by atoms with Crippen molar-refractivity contribution in [1.29, 1.82) is 0 Å². The number of carbonyl (C=O) groups is 1. The second-order valence-corrected chi connectivity index (χ2v) is 6.53. The molecular formula is C17H14BrNO3. The van der Waals surface area contributed by atoms with Crippen molar-refractivity contribution in [3.05, 3.63) is 52.5 Å². The van der Waals surface area contributed by atoms with Crippen LogP contribution in [0.1, 0.15) is 18.4 Å². The van der Waals surface area contributed by atoms with Crippen LogP contribution in [0.5, 0.6) is 11.5 Å². The maximum absolute atomic E-state index is 12.7. The van der Waals surface area contributed by atoms with Crippen molar-refractivity contribution in [2.75, 3.05) is 12.1 Å². The number of anilines is 1. The van der Waals surface area contributed by atoms with Gasteiger partial charge in [0.05, 0.1) is 5.41 Å². The van der Waals surface area contributed by atoms with Crippen LogP contribution in [0, 0.1) is 0 Å². The van der Waals surface area contributed by atoms with Crippen LogP contribution >= 0.6 is 15.9 Å². The quantitative estimate of drug-likeness (QED) is 0.905. The molecule has 1 N–H and O–H groups in total. The lowest BCUT2D eigenvalue weighted by Crippen LogP contribution is -2.27. The van der Waals surface area contributed by atoms with Crippen LogP contribution in [-0.4, -0.2) is 12.7 Å². The molecule has 1 heterocycles. The van der Waals surface area contributed by atoms with Gasteiger partial charge in [-0.05, 0) is 48.7 Å². The molecule has 0 saturated heterocycles. The minimum atomic E-state index is -0.441. The lowest BCUT2D eigenvalue weighted by molar-refractivity contribution is -0.118. The van der Waals surface area contributed by atoms with E-state index in [1.165, 1.54) is 0 Å². The first-order chi connectivity index (χ1) is 10.7. The molecule has 2 aromatic carbocycles. The van der Waals surface area contributed by atoms with Crippen LogP contribution in [0.15, 0.2) is 46.9 Å².